The SMILES string of the molecule is CC(C)(C)OC(=O)Nc1ccc2c(c1)CC(Cc1ccc(C(=O)O)cc1)=C2. The van der Waals surface area contributed by atoms with E-state index in [0.717, 1.165) is 29.5 Å². The Bertz CT molecular complexity index is 905. The van der Waals surface area contributed by atoms with E-state index in [2.05, 4.69) is 11.4 Å². The molecule has 0 bridgehead atoms. The van der Waals surface area contributed by atoms with Crippen LogP contribution in [0.15, 0.2) is 48.0 Å². The Morgan fingerprint density at radius 1 is 1.11 bits per heavy atom. The summed E-state index contributed by atoms with van der Waals surface area (Å²) in [6, 6.07) is 12.8. The molecule has 2 N–H and O–H groups in total. The minimum Gasteiger partial charge on any atom is -0.478 e. The van der Waals surface area contributed by atoms with Gasteiger partial charge in [-0.05, 0) is 74.6 Å². The molecule has 0 radical (unpaired) electrons. The third kappa shape index (κ3) is 4.97. The van der Waals surface area contributed by atoms with Crippen molar-refractivity contribution in [2.45, 2.75) is 39.2 Å². The molecule has 0 atom stereocenters. The van der Waals surface area contributed by atoms with Gasteiger partial charge in [0.1, 0.15) is 5.60 Å². The van der Waals surface area contributed by atoms with Crippen molar-refractivity contribution in [1.29, 1.82) is 0 Å². The van der Waals surface area contributed by atoms with Crippen LogP contribution in [0.4, 0.5) is 10.5 Å². The Balaban J connectivity index is 1.64. The fourth-order valence-corrected chi connectivity index (χ4v) is 3.06. The summed E-state index contributed by atoms with van der Waals surface area (Å²) in [7, 11) is 0. The number of fused-ring (bicyclic) bond motifs is 1. The van der Waals surface area contributed by atoms with Gasteiger partial charge in [-0.25, -0.2) is 9.59 Å². The minimum atomic E-state index is -0.918. The summed E-state index contributed by atoms with van der Waals surface area (Å²) in [6.45, 7) is 5.48. The molecule has 1 amide bonds. The van der Waals surface area contributed by atoms with Gasteiger partial charge in [0.05, 0.1) is 5.56 Å². The maximum absolute atomic E-state index is 11.9. The molecule has 2 aromatic carbocycles. The van der Waals surface area contributed by atoms with Crippen LogP contribution in [0, 0.1) is 0 Å². The van der Waals surface area contributed by atoms with E-state index in [1.807, 2.05) is 51.1 Å². The van der Waals surface area contributed by atoms with E-state index in [-0.39, 0.29) is 0 Å². The number of anilines is 1. The molecular weight excluding hydrogens is 342 g/mol. The van der Waals surface area contributed by atoms with Crippen LogP contribution in [-0.2, 0) is 17.6 Å². The molecule has 0 aromatic heterocycles. The number of carbonyl (C=O) groups is 2. The third-order valence-electron chi connectivity index (χ3n) is 4.20. The van der Waals surface area contributed by atoms with Gasteiger partial charge in [0.15, 0.2) is 0 Å². The second-order valence-corrected chi connectivity index (χ2v) is 7.70. The molecule has 5 heteroatoms. The van der Waals surface area contributed by atoms with Gasteiger partial charge in [0.2, 0.25) is 0 Å². The average molecular weight is 365 g/mol. The molecule has 0 aliphatic heterocycles. The van der Waals surface area contributed by atoms with Crippen LogP contribution < -0.4 is 5.32 Å². The summed E-state index contributed by atoms with van der Waals surface area (Å²) in [5, 5.41) is 11.7. The topological polar surface area (TPSA) is 75.6 Å². The second kappa shape index (κ2) is 7.27. The van der Waals surface area contributed by atoms with Crippen molar-refractivity contribution in [1.82, 2.24) is 0 Å². The van der Waals surface area contributed by atoms with Crippen LogP contribution >= 0.6 is 0 Å². The number of carboxylic acids is 1. The lowest BCUT2D eigenvalue weighted by atomic mass is 10.0. The average Bonchev–Trinajstić information content (AvgIpc) is 2.95. The van der Waals surface area contributed by atoms with Gasteiger partial charge in [0, 0.05) is 5.69 Å². The normalized spacial score (nSPS) is 12.9. The van der Waals surface area contributed by atoms with Crippen molar-refractivity contribution in [2.75, 3.05) is 5.32 Å². The highest BCUT2D eigenvalue weighted by Crippen LogP contribution is 2.29. The molecule has 0 fully saturated rings. The third-order valence-corrected chi connectivity index (χ3v) is 4.20. The van der Waals surface area contributed by atoms with Gasteiger partial charge >= 0.3 is 12.1 Å². The number of rotatable bonds is 4. The Labute approximate surface area is 158 Å². The van der Waals surface area contributed by atoms with E-state index >= 15 is 0 Å². The summed E-state index contributed by atoms with van der Waals surface area (Å²) >= 11 is 0. The van der Waals surface area contributed by atoms with Crippen molar-refractivity contribution in [3.05, 3.63) is 70.3 Å². The largest absolute Gasteiger partial charge is 0.478 e. The zero-order chi connectivity index (χ0) is 19.6. The summed E-state index contributed by atoms with van der Waals surface area (Å²) < 4.78 is 5.28. The number of nitrogens with one attached hydrogen (secondary N) is 1. The molecule has 2 aromatic rings. The zero-order valence-corrected chi connectivity index (χ0v) is 15.7. The standard InChI is InChI=1S/C22H23NO4/c1-22(2,3)27-21(26)23-19-9-8-17-11-15(12-18(17)13-19)10-14-4-6-16(7-5-14)20(24)25/h4-9,11,13H,10,12H2,1-3H3,(H,23,26)(H,24,25). The molecule has 1 aliphatic carbocycles. The molecule has 0 saturated carbocycles. The summed E-state index contributed by atoms with van der Waals surface area (Å²) in [5.74, 6) is -0.918. The summed E-state index contributed by atoms with van der Waals surface area (Å²) in [5.41, 5.74) is 5.09. The van der Waals surface area contributed by atoms with Gasteiger partial charge < -0.3 is 9.84 Å². The van der Waals surface area contributed by atoms with Gasteiger partial charge in [-0.1, -0.05) is 29.8 Å². The van der Waals surface area contributed by atoms with Crippen LogP contribution in [0.25, 0.3) is 6.08 Å². The number of benzene rings is 2. The molecule has 0 unspecified atom stereocenters. The van der Waals surface area contributed by atoms with Crippen LogP contribution in [0.3, 0.4) is 0 Å². The Morgan fingerprint density at radius 2 is 1.81 bits per heavy atom. The molecule has 0 saturated heterocycles. The minimum absolute atomic E-state index is 0.292. The zero-order valence-electron chi connectivity index (χ0n) is 15.7. The first kappa shape index (κ1) is 18.7. The molecule has 3 rings (SSSR count). The number of carboxylic acid groups (broad SMARTS) is 1. The van der Waals surface area contributed by atoms with E-state index in [1.165, 1.54) is 5.57 Å². The number of hydrogen-bond acceptors (Lipinski definition) is 3. The van der Waals surface area contributed by atoms with Gasteiger partial charge in [-0.3, -0.25) is 5.32 Å². The van der Waals surface area contributed by atoms with Crippen molar-refractivity contribution in [3.8, 4) is 0 Å². The quantitative estimate of drug-likeness (QED) is 0.807. The van der Waals surface area contributed by atoms with E-state index in [1.54, 1.807) is 12.1 Å². The van der Waals surface area contributed by atoms with Crippen LogP contribution in [0.5, 0.6) is 0 Å². The maximum Gasteiger partial charge on any atom is 0.412 e. The fourth-order valence-electron chi connectivity index (χ4n) is 3.06. The smallest absolute Gasteiger partial charge is 0.412 e. The first-order valence-electron chi connectivity index (χ1n) is 8.84. The number of amides is 1. The first-order valence-corrected chi connectivity index (χ1v) is 8.84. The highest BCUT2D eigenvalue weighted by atomic mass is 16.6. The van der Waals surface area contributed by atoms with E-state index < -0.39 is 17.7 Å². The highest BCUT2D eigenvalue weighted by molar-refractivity contribution is 5.87. The van der Waals surface area contributed by atoms with Crippen LogP contribution in [-0.4, -0.2) is 22.8 Å². The molecule has 1 aliphatic rings. The van der Waals surface area contributed by atoms with Gasteiger partial charge in [-0.15, -0.1) is 0 Å². The van der Waals surface area contributed by atoms with Crippen LogP contribution in [0.2, 0.25) is 0 Å². The maximum atomic E-state index is 11.9. The lowest BCUT2D eigenvalue weighted by Crippen LogP contribution is -2.27. The van der Waals surface area contributed by atoms with Crippen molar-refractivity contribution >= 4 is 23.8 Å². The molecule has 0 heterocycles. The van der Waals surface area contributed by atoms with Gasteiger partial charge in [-0.2, -0.15) is 0 Å². The van der Waals surface area contributed by atoms with Crippen molar-refractivity contribution in [2.24, 2.45) is 0 Å². The number of allylic oxidation sites excluding steroid dienone is 1. The Morgan fingerprint density at radius 3 is 2.44 bits per heavy atom. The molecule has 5 nitrogen and oxygen atoms in total. The number of aromatic carboxylic acids is 1. The number of carbonyl (C=O) groups excluding carboxylic acids is 1. The molecule has 140 valence electrons. The Hall–Kier alpha value is -3.08. The lowest BCUT2D eigenvalue weighted by molar-refractivity contribution is 0.0634. The first-order chi connectivity index (χ1) is 12.7. The fraction of sp³-hybridized carbons (Fsp3) is 0.273. The van der Waals surface area contributed by atoms with E-state index in [4.69, 9.17) is 9.84 Å². The molecule has 0 spiro atoms. The van der Waals surface area contributed by atoms with Crippen molar-refractivity contribution in [3.63, 3.8) is 0 Å². The van der Waals surface area contributed by atoms with E-state index in [9.17, 15) is 9.59 Å². The van der Waals surface area contributed by atoms with Gasteiger partial charge in [0.25, 0.3) is 0 Å². The number of hydrogen-bond donors (Lipinski definition) is 2. The molecular formula is C22H23NO4. The Kier molecular flexibility index (Phi) is 5.04. The highest BCUT2D eigenvalue weighted by Gasteiger charge is 2.18. The predicted octanol–water partition coefficient (Wildman–Crippen LogP) is 4.91. The number of ether oxygens (including phenoxy) is 1. The molecule has 27 heavy (non-hydrogen) atoms. The van der Waals surface area contributed by atoms with E-state index in [0.29, 0.717) is 11.3 Å². The second-order valence-electron chi connectivity index (χ2n) is 7.70. The summed E-state index contributed by atoms with van der Waals surface area (Å²) in [6.07, 6.45) is 3.26. The predicted molar refractivity (Wildman–Crippen MR) is 105 cm³/mol. The lowest BCUT2D eigenvalue weighted by Gasteiger charge is -2.19. The summed E-state index contributed by atoms with van der Waals surface area (Å²) in [4.78, 5) is 22.9. The van der Waals surface area contributed by atoms with Crippen LogP contribution in [0.1, 0.15) is 47.8 Å². The van der Waals surface area contributed by atoms with Crippen molar-refractivity contribution < 1.29 is 19.4 Å². The monoisotopic (exact) mass is 365 g/mol.